The predicted molar refractivity (Wildman–Crippen MR) is 95.3 cm³/mol. The molecule has 1 atom stereocenters. The summed E-state index contributed by atoms with van der Waals surface area (Å²) < 4.78 is 42.7. The van der Waals surface area contributed by atoms with Gasteiger partial charge in [-0.15, -0.1) is 0 Å². The number of morpholine rings is 1. The molecular formula is C18H23NO7S. The zero-order valence-electron chi connectivity index (χ0n) is 15.2. The topological polar surface area (TPSA) is 99.2 Å². The van der Waals surface area contributed by atoms with E-state index in [1.54, 1.807) is 0 Å². The zero-order chi connectivity index (χ0) is 19.4. The molecule has 0 radical (unpaired) electrons. The summed E-state index contributed by atoms with van der Waals surface area (Å²) in [6.45, 7) is 1.16. The van der Waals surface area contributed by atoms with Crippen LogP contribution in [-0.4, -0.2) is 64.0 Å². The Morgan fingerprint density at radius 3 is 2.63 bits per heavy atom. The number of sulfonamides is 1. The van der Waals surface area contributed by atoms with Gasteiger partial charge in [0.2, 0.25) is 10.0 Å². The molecule has 2 fully saturated rings. The molecule has 148 valence electrons. The summed E-state index contributed by atoms with van der Waals surface area (Å²) in [7, 11) is -2.38. The zero-order valence-corrected chi connectivity index (χ0v) is 16.0. The lowest BCUT2D eigenvalue weighted by molar-refractivity contribution is -0.129. The Kier molecular flexibility index (Phi) is 6.13. The second-order valence-corrected chi connectivity index (χ2v) is 8.42. The molecule has 1 aromatic rings. The first kappa shape index (κ1) is 19.8. The number of rotatable bonds is 5. The lowest BCUT2D eigenvalue weighted by Crippen LogP contribution is -2.40. The third-order valence-electron chi connectivity index (χ3n) is 4.75. The molecule has 0 N–H and O–H groups in total. The molecule has 0 aromatic heterocycles. The van der Waals surface area contributed by atoms with Gasteiger partial charge in [0.15, 0.2) is 11.9 Å². The molecular weight excluding hydrogens is 374 g/mol. The molecule has 0 unspecified atom stereocenters. The van der Waals surface area contributed by atoms with Crippen molar-refractivity contribution in [2.45, 2.75) is 36.7 Å². The van der Waals surface area contributed by atoms with E-state index in [0.717, 1.165) is 12.8 Å². The molecule has 9 heteroatoms. The van der Waals surface area contributed by atoms with Crippen molar-refractivity contribution in [2.75, 3.05) is 33.4 Å². The van der Waals surface area contributed by atoms with Crippen molar-refractivity contribution in [1.29, 1.82) is 0 Å². The number of ether oxygens (including phenoxy) is 3. The van der Waals surface area contributed by atoms with E-state index in [4.69, 9.17) is 14.2 Å². The Morgan fingerprint density at radius 2 is 1.96 bits per heavy atom. The maximum absolute atomic E-state index is 12.8. The summed E-state index contributed by atoms with van der Waals surface area (Å²) in [6.07, 6.45) is 1.70. The van der Waals surface area contributed by atoms with Gasteiger partial charge in [-0.05, 0) is 37.5 Å². The van der Waals surface area contributed by atoms with Crippen LogP contribution in [0.1, 0.15) is 36.0 Å². The maximum Gasteiger partial charge on any atom is 0.342 e. The molecule has 1 saturated carbocycles. The van der Waals surface area contributed by atoms with Gasteiger partial charge in [0.25, 0.3) is 0 Å². The number of hydrogen-bond acceptors (Lipinski definition) is 7. The lowest BCUT2D eigenvalue weighted by atomic mass is 9.96. The number of benzene rings is 1. The number of Topliss-reactive ketones (excluding diaryl/α,β-unsaturated/α-hetero) is 1. The Balaban J connectivity index is 1.86. The van der Waals surface area contributed by atoms with Crippen LogP contribution in [-0.2, 0) is 24.3 Å². The smallest absolute Gasteiger partial charge is 0.342 e. The summed E-state index contributed by atoms with van der Waals surface area (Å²) in [5.41, 5.74) is -0.00907. The van der Waals surface area contributed by atoms with Crippen LogP contribution in [0.15, 0.2) is 23.1 Å². The lowest BCUT2D eigenvalue weighted by Gasteiger charge is -2.26. The van der Waals surface area contributed by atoms with Crippen LogP contribution in [0.2, 0.25) is 0 Å². The highest BCUT2D eigenvalue weighted by Gasteiger charge is 2.30. The first-order valence-corrected chi connectivity index (χ1v) is 10.4. The fourth-order valence-corrected chi connectivity index (χ4v) is 4.65. The van der Waals surface area contributed by atoms with Crippen molar-refractivity contribution in [3.63, 3.8) is 0 Å². The van der Waals surface area contributed by atoms with Crippen molar-refractivity contribution in [3.05, 3.63) is 23.8 Å². The number of ketones is 1. The van der Waals surface area contributed by atoms with Gasteiger partial charge >= 0.3 is 5.97 Å². The second kappa shape index (κ2) is 8.37. The molecule has 27 heavy (non-hydrogen) atoms. The molecule has 0 amide bonds. The van der Waals surface area contributed by atoms with Gasteiger partial charge in [0, 0.05) is 19.5 Å². The summed E-state index contributed by atoms with van der Waals surface area (Å²) in [5.74, 6) is -0.666. The number of carbonyl (C=O) groups is 2. The Bertz CT molecular complexity index is 815. The fraction of sp³-hybridized carbons (Fsp3) is 0.556. The molecule has 1 aromatic carbocycles. The molecule has 0 spiro atoms. The van der Waals surface area contributed by atoms with Crippen molar-refractivity contribution in [3.8, 4) is 5.75 Å². The Morgan fingerprint density at radius 1 is 1.22 bits per heavy atom. The van der Waals surface area contributed by atoms with E-state index < -0.39 is 22.1 Å². The Labute approximate surface area is 158 Å². The molecule has 1 heterocycles. The van der Waals surface area contributed by atoms with Gasteiger partial charge in [-0.25, -0.2) is 13.2 Å². The van der Waals surface area contributed by atoms with Crippen LogP contribution in [0.4, 0.5) is 0 Å². The molecule has 1 aliphatic heterocycles. The molecule has 1 aliphatic carbocycles. The number of nitrogens with zero attached hydrogens (tertiary/aromatic N) is 1. The average molecular weight is 397 g/mol. The minimum absolute atomic E-state index is 0.00907. The second-order valence-electron chi connectivity index (χ2n) is 6.48. The van der Waals surface area contributed by atoms with Gasteiger partial charge < -0.3 is 14.2 Å². The monoisotopic (exact) mass is 397 g/mol. The minimum Gasteiger partial charge on any atom is -0.496 e. The van der Waals surface area contributed by atoms with Crippen molar-refractivity contribution < 1.29 is 32.2 Å². The van der Waals surface area contributed by atoms with E-state index in [1.807, 2.05) is 0 Å². The van der Waals surface area contributed by atoms with Gasteiger partial charge in [-0.3, -0.25) is 4.79 Å². The number of carbonyl (C=O) groups excluding carboxylic acids is 2. The Hall–Kier alpha value is -1.97. The van der Waals surface area contributed by atoms with E-state index in [0.29, 0.717) is 26.1 Å². The number of esters is 1. The predicted octanol–water partition coefficient (Wildman–Crippen LogP) is 1.38. The van der Waals surface area contributed by atoms with E-state index in [9.17, 15) is 18.0 Å². The van der Waals surface area contributed by atoms with Gasteiger partial charge in [0.1, 0.15) is 11.3 Å². The van der Waals surface area contributed by atoms with Gasteiger partial charge in [-0.1, -0.05) is 0 Å². The number of methoxy groups -OCH3 is 1. The largest absolute Gasteiger partial charge is 0.496 e. The fourth-order valence-electron chi connectivity index (χ4n) is 3.21. The van der Waals surface area contributed by atoms with Crippen LogP contribution in [0.25, 0.3) is 0 Å². The van der Waals surface area contributed by atoms with Gasteiger partial charge in [-0.2, -0.15) is 4.31 Å². The average Bonchev–Trinajstić information content (AvgIpc) is 2.69. The number of hydrogen-bond donors (Lipinski definition) is 0. The SMILES string of the molecule is COc1ccc(S(=O)(=O)N2CCOCC2)cc1C(=O)O[C@@H]1CCCCC1=O. The third-order valence-corrected chi connectivity index (χ3v) is 6.64. The molecule has 3 rings (SSSR count). The first-order chi connectivity index (χ1) is 12.9. The molecule has 8 nitrogen and oxygen atoms in total. The summed E-state index contributed by atoms with van der Waals surface area (Å²) >= 11 is 0. The highest BCUT2D eigenvalue weighted by Crippen LogP contribution is 2.27. The summed E-state index contributed by atoms with van der Waals surface area (Å²) in [6, 6.07) is 4.07. The van der Waals surface area contributed by atoms with E-state index in [-0.39, 0.29) is 35.1 Å². The summed E-state index contributed by atoms with van der Waals surface area (Å²) in [4.78, 5) is 24.5. The van der Waals surface area contributed by atoms with E-state index >= 15 is 0 Å². The van der Waals surface area contributed by atoms with E-state index in [2.05, 4.69) is 0 Å². The van der Waals surface area contributed by atoms with Gasteiger partial charge in [0.05, 0.1) is 25.2 Å². The minimum atomic E-state index is -3.76. The molecule has 1 saturated heterocycles. The van der Waals surface area contributed by atoms with Crippen LogP contribution < -0.4 is 4.74 Å². The highest BCUT2D eigenvalue weighted by atomic mass is 32.2. The quantitative estimate of drug-likeness (QED) is 0.692. The van der Waals surface area contributed by atoms with Crippen molar-refractivity contribution in [2.24, 2.45) is 0 Å². The van der Waals surface area contributed by atoms with Crippen LogP contribution in [0.5, 0.6) is 5.75 Å². The van der Waals surface area contributed by atoms with Crippen molar-refractivity contribution >= 4 is 21.8 Å². The normalized spacial score (nSPS) is 21.7. The van der Waals surface area contributed by atoms with Crippen molar-refractivity contribution in [1.82, 2.24) is 4.31 Å². The standard InChI is InChI=1S/C18H23NO7S/c1-24-16-7-6-13(27(22,23)19-8-10-25-11-9-19)12-14(16)18(21)26-17-5-3-2-4-15(17)20/h6-7,12,17H,2-5,8-11H2,1H3/t17-/m1/s1. The third kappa shape index (κ3) is 4.31. The highest BCUT2D eigenvalue weighted by molar-refractivity contribution is 7.89. The maximum atomic E-state index is 12.8. The molecule has 2 aliphatic rings. The first-order valence-electron chi connectivity index (χ1n) is 8.93. The van der Waals surface area contributed by atoms with Crippen LogP contribution in [0, 0.1) is 0 Å². The van der Waals surface area contributed by atoms with Crippen LogP contribution >= 0.6 is 0 Å². The van der Waals surface area contributed by atoms with Crippen LogP contribution in [0.3, 0.4) is 0 Å². The molecule has 0 bridgehead atoms. The summed E-state index contributed by atoms with van der Waals surface area (Å²) in [5, 5.41) is 0. The van der Waals surface area contributed by atoms with E-state index in [1.165, 1.54) is 29.6 Å².